The Bertz CT molecular complexity index is 2390. The highest BCUT2D eigenvalue weighted by Gasteiger charge is 2.36. The summed E-state index contributed by atoms with van der Waals surface area (Å²) in [6.45, 7) is 18.5. The van der Waals surface area contributed by atoms with Crippen molar-refractivity contribution in [1.82, 2.24) is 5.32 Å². The number of rotatable bonds is 6. The number of fused-ring (bicyclic) bond motifs is 2. The lowest BCUT2D eigenvalue weighted by atomic mass is 9.99. The van der Waals surface area contributed by atoms with Gasteiger partial charge in [-0.15, -0.1) is 11.3 Å². The highest BCUT2D eigenvalue weighted by atomic mass is 35.5. The molecule has 3 aromatic carbocycles. The fraction of sp³-hybridized carbons (Fsp3) is 0.348. The normalized spacial score (nSPS) is 16.5. The minimum absolute atomic E-state index is 0.0317. The van der Waals surface area contributed by atoms with E-state index in [0.717, 1.165) is 43.4 Å². The summed E-state index contributed by atoms with van der Waals surface area (Å²) in [6.07, 6.45) is -0.0336. The van der Waals surface area contributed by atoms with Crippen molar-refractivity contribution in [2.75, 3.05) is 9.80 Å². The Morgan fingerprint density at radius 3 is 1.88 bits per heavy atom. The number of carbonyl (C=O) groups is 2. The molecular weight excluding hydrogens is 794 g/mol. The van der Waals surface area contributed by atoms with Crippen molar-refractivity contribution in [3.8, 4) is 0 Å². The van der Waals surface area contributed by atoms with Gasteiger partial charge in [-0.2, -0.15) is 0 Å². The lowest BCUT2D eigenvalue weighted by molar-refractivity contribution is -0.154. The summed E-state index contributed by atoms with van der Waals surface area (Å²) >= 11 is 7.64. The first-order valence-electron chi connectivity index (χ1n) is 19.6. The minimum Gasteiger partial charge on any atom is -0.460 e. The van der Waals surface area contributed by atoms with E-state index in [2.05, 4.69) is 5.32 Å². The van der Waals surface area contributed by atoms with E-state index in [0.29, 0.717) is 16.4 Å². The van der Waals surface area contributed by atoms with Crippen LogP contribution in [0.5, 0.6) is 0 Å². The molecule has 1 aromatic heterocycles. The highest BCUT2D eigenvalue weighted by Crippen LogP contribution is 2.40. The van der Waals surface area contributed by atoms with Gasteiger partial charge in [-0.05, 0) is 93.0 Å². The molecule has 2 aliphatic rings. The van der Waals surface area contributed by atoms with Crippen LogP contribution in [0.25, 0.3) is 0 Å². The molecule has 0 saturated carbocycles. The molecule has 0 aliphatic carbocycles. The second-order valence-corrected chi connectivity index (χ2v) is 18.4. The summed E-state index contributed by atoms with van der Waals surface area (Å²) in [7, 11) is 0. The van der Waals surface area contributed by atoms with Gasteiger partial charge in [0, 0.05) is 37.7 Å². The molecule has 0 radical (unpaired) electrons. The summed E-state index contributed by atoms with van der Waals surface area (Å²) in [4.78, 5) is 39.3. The fourth-order valence-electron chi connectivity index (χ4n) is 6.84. The van der Waals surface area contributed by atoms with Gasteiger partial charge in [0.1, 0.15) is 46.0 Å². The van der Waals surface area contributed by atoms with Gasteiger partial charge in [0.15, 0.2) is 0 Å². The number of carbonyl (C=O) groups excluding carboxylic acids is 2. The molecule has 3 heterocycles. The van der Waals surface area contributed by atoms with Gasteiger partial charge >= 0.3 is 5.97 Å². The first-order valence-corrected chi connectivity index (χ1v) is 20.8. The van der Waals surface area contributed by atoms with Crippen molar-refractivity contribution in [2.45, 2.75) is 105 Å². The molecule has 5 N–H and O–H groups in total. The Balaban J connectivity index is 0.000000228. The quantitative estimate of drug-likeness (QED) is 0.0735. The van der Waals surface area contributed by atoms with Gasteiger partial charge in [0.05, 0.1) is 30.0 Å². The Hall–Kier alpha value is -5.79. The monoisotopic (exact) mass is 847 g/mol. The predicted molar refractivity (Wildman–Crippen MR) is 247 cm³/mol. The molecule has 12 nitrogen and oxygen atoms in total. The van der Waals surface area contributed by atoms with Gasteiger partial charge in [-0.3, -0.25) is 51.0 Å². The van der Waals surface area contributed by atoms with Crippen LogP contribution in [0.4, 0.5) is 10.7 Å². The average Bonchev–Trinajstić information content (AvgIpc) is 3.28. The molecule has 1 amide bonds. The number of nitrogens with one attached hydrogen (secondary N) is 5. The van der Waals surface area contributed by atoms with Crippen molar-refractivity contribution in [2.24, 2.45) is 9.98 Å². The van der Waals surface area contributed by atoms with Crippen LogP contribution >= 0.6 is 22.9 Å². The number of para-hydroxylation sites is 1. The number of amides is 1. The SMILES string of the molecule is CC(=N)N1C(=N)C(CC(=O)NC(C)(C)C)N=C(c2ccc(Cl)cc2)c2c1sc(C)c2C.CC(=N)N1C(=N)C(CC(=O)OC(C)(C)C)N=C(c2ccccc2)c2ccccc21. The zero-order valence-electron chi connectivity index (χ0n) is 35.9. The topological polar surface area (TPSA) is 182 Å². The molecule has 0 bridgehead atoms. The third-order valence-electron chi connectivity index (χ3n) is 9.40. The first kappa shape index (κ1) is 45.3. The third-order valence-corrected chi connectivity index (χ3v) is 10.8. The van der Waals surface area contributed by atoms with Crippen molar-refractivity contribution in [1.29, 1.82) is 21.6 Å². The third kappa shape index (κ3) is 10.7. The van der Waals surface area contributed by atoms with E-state index in [-0.39, 0.29) is 47.6 Å². The lowest BCUT2D eigenvalue weighted by Gasteiger charge is -2.27. The zero-order chi connectivity index (χ0) is 44.3. The molecule has 2 aliphatic heterocycles. The number of esters is 1. The molecule has 0 fully saturated rings. The summed E-state index contributed by atoms with van der Waals surface area (Å²) in [5, 5.41) is 38.6. The number of amidine groups is 4. The molecule has 6 rings (SSSR count). The van der Waals surface area contributed by atoms with E-state index in [4.69, 9.17) is 48.0 Å². The summed E-state index contributed by atoms with van der Waals surface area (Å²) in [6, 6.07) is 23.2. The fourth-order valence-corrected chi connectivity index (χ4v) is 8.19. The second kappa shape index (κ2) is 18.2. The Kier molecular flexibility index (Phi) is 13.8. The standard InChI is InChI=1S/C23H28ClN5OS.C23H26N4O2/c1-12-13(2)31-22-19(12)20(15-7-9-16(24)10-8-15)27-17(21(26)29(22)14(3)25)11-18(30)28-23(4,5)6;1-15(24)27-19-13-9-8-12-17(19)21(16-10-6-5-7-11-16)26-18(22(27)25)14-20(28)29-23(2,3)4/h7-10,17,25-26H,11H2,1-6H3,(H,28,30);5-13,18,24-25H,14H2,1-4H3. The maximum Gasteiger partial charge on any atom is 0.308 e. The van der Waals surface area contributed by atoms with Gasteiger partial charge in [-0.1, -0.05) is 72.3 Å². The van der Waals surface area contributed by atoms with Crippen molar-refractivity contribution in [3.63, 3.8) is 0 Å². The van der Waals surface area contributed by atoms with E-state index in [1.54, 1.807) is 23.6 Å². The second-order valence-electron chi connectivity index (χ2n) is 16.7. The van der Waals surface area contributed by atoms with Crippen LogP contribution in [0.2, 0.25) is 5.02 Å². The van der Waals surface area contributed by atoms with Crippen LogP contribution in [0.3, 0.4) is 0 Å². The van der Waals surface area contributed by atoms with E-state index in [1.807, 2.05) is 134 Å². The van der Waals surface area contributed by atoms with Crippen LogP contribution in [-0.4, -0.2) is 69.9 Å². The molecule has 2 atom stereocenters. The number of anilines is 2. The number of hydrogen-bond donors (Lipinski definition) is 5. The Labute approximate surface area is 361 Å². The van der Waals surface area contributed by atoms with Gasteiger partial charge in [0.2, 0.25) is 5.91 Å². The van der Waals surface area contributed by atoms with Crippen molar-refractivity contribution in [3.05, 3.63) is 117 Å². The van der Waals surface area contributed by atoms with E-state index in [9.17, 15) is 9.59 Å². The number of aliphatic imine (C=N–C) groups is 2. The minimum atomic E-state index is -0.757. The average molecular weight is 849 g/mol. The number of benzodiazepines with no additional fused rings is 1. The van der Waals surface area contributed by atoms with Gasteiger partial charge in [-0.25, -0.2) is 0 Å². The Morgan fingerprint density at radius 1 is 0.767 bits per heavy atom. The summed E-state index contributed by atoms with van der Waals surface area (Å²) in [5.41, 5.74) is 5.68. The van der Waals surface area contributed by atoms with Crippen LogP contribution in [0, 0.1) is 35.5 Å². The number of halogens is 1. The number of ether oxygens (including phenoxy) is 1. The zero-order valence-corrected chi connectivity index (χ0v) is 37.4. The van der Waals surface area contributed by atoms with Crippen LogP contribution in [0.1, 0.15) is 101 Å². The van der Waals surface area contributed by atoms with Crippen LogP contribution in [-0.2, 0) is 14.3 Å². The number of thiophene rings is 1. The summed E-state index contributed by atoms with van der Waals surface area (Å²) < 4.78 is 5.47. The number of benzene rings is 3. The van der Waals surface area contributed by atoms with E-state index < -0.39 is 23.7 Å². The number of nitrogens with zero attached hydrogens (tertiary/aromatic N) is 4. The molecule has 2 unspecified atom stereocenters. The molecule has 0 spiro atoms. The Morgan fingerprint density at radius 2 is 1.30 bits per heavy atom. The molecule has 14 heteroatoms. The molecule has 0 saturated heterocycles. The highest BCUT2D eigenvalue weighted by molar-refractivity contribution is 7.17. The molecular formula is C46H54ClN9O3S. The maximum atomic E-state index is 12.7. The van der Waals surface area contributed by atoms with Crippen LogP contribution < -0.4 is 15.1 Å². The van der Waals surface area contributed by atoms with E-state index >= 15 is 0 Å². The van der Waals surface area contributed by atoms with Crippen molar-refractivity contribution < 1.29 is 14.3 Å². The van der Waals surface area contributed by atoms with Gasteiger partial charge in [0.25, 0.3) is 0 Å². The predicted octanol–water partition coefficient (Wildman–Crippen LogP) is 9.74. The largest absolute Gasteiger partial charge is 0.460 e. The number of aryl methyl sites for hydroxylation is 1. The molecule has 60 heavy (non-hydrogen) atoms. The van der Waals surface area contributed by atoms with E-state index in [1.165, 1.54) is 11.3 Å². The van der Waals surface area contributed by atoms with Crippen LogP contribution in [0.15, 0.2) is 88.8 Å². The molecule has 314 valence electrons. The first-order chi connectivity index (χ1) is 28.1. The smallest absolute Gasteiger partial charge is 0.308 e. The maximum absolute atomic E-state index is 12.7. The van der Waals surface area contributed by atoms with Crippen molar-refractivity contribution >= 4 is 80.3 Å². The lowest BCUT2D eigenvalue weighted by Crippen LogP contribution is -2.45. The summed E-state index contributed by atoms with van der Waals surface area (Å²) in [5.74, 6) is 0.0337. The molecule has 4 aromatic rings. The number of hydrogen-bond acceptors (Lipinski definition) is 10. The van der Waals surface area contributed by atoms with Gasteiger partial charge < -0.3 is 10.1 Å².